The number of ether oxygens (including phenoxy) is 1. The fourth-order valence-electron chi connectivity index (χ4n) is 3.65. The van der Waals surface area contributed by atoms with Crippen LogP contribution >= 0.6 is 0 Å². The molecule has 0 saturated carbocycles. The van der Waals surface area contributed by atoms with E-state index in [9.17, 15) is 22.8 Å². The van der Waals surface area contributed by atoms with Gasteiger partial charge in [-0.2, -0.15) is 0 Å². The Balaban J connectivity index is 1.69. The molecule has 3 aromatic carbocycles. The highest BCUT2D eigenvalue weighted by Gasteiger charge is 2.40. The van der Waals surface area contributed by atoms with E-state index < -0.39 is 23.9 Å². The number of hydrogen-bond acceptors (Lipinski definition) is 4. The second kappa shape index (κ2) is 9.05. The normalized spacial score (nSPS) is 14.2. The molecule has 1 N–H and O–H groups in total. The molecule has 2 amide bonds. The minimum atomic E-state index is -4.81. The molecule has 8 heteroatoms. The van der Waals surface area contributed by atoms with Gasteiger partial charge >= 0.3 is 6.36 Å². The Labute approximate surface area is 194 Å². The van der Waals surface area contributed by atoms with Crippen LogP contribution in [0.2, 0.25) is 0 Å². The number of halogens is 3. The molecule has 0 aliphatic carbocycles. The summed E-state index contributed by atoms with van der Waals surface area (Å²) in [5.41, 5.74) is 2.58. The summed E-state index contributed by atoms with van der Waals surface area (Å²) in [5, 5.41) is 2.92. The lowest BCUT2D eigenvalue weighted by atomic mass is 10.0. The van der Waals surface area contributed by atoms with Gasteiger partial charge in [0.1, 0.15) is 11.4 Å². The average Bonchev–Trinajstić information content (AvgIpc) is 3.04. The number of hydrogen-bond donors (Lipinski definition) is 1. The van der Waals surface area contributed by atoms with Crippen molar-refractivity contribution >= 4 is 28.8 Å². The summed E-state index contributed by atoms with van der Waals surface area (Å²) in [6.07, 6.45) is -4.81. The number of carbonyl (C=O) groups excluding carboxylic acids is 2. The van der Waals surface area contributed by atoms with E-state index in [2.05, 4.69) is 10.1 Å². The number of nitrogens with zero attached hydrogens (tertiary/aromatic N) is 1. The van der Waals surface area contributed by atoms with Crippen LogP contribution in [0, 0.1) is 0 Å². The molecule has 3 aromatic rings. The van der Waals surface area contributed by atoms with Crippen LogP contribution in [0.15, 0.2) is 84.6 Å². The number of nitrogens with one attached hydrogen (secondary N) is 1. The number of alkyl halides is 3. The van der Waals surface area contributed by atoms with Gasteiger partial charge in [0.25, 0.3) is 11.8 Å². The van der Waals surface area contributed by atoms with Crippen LogP contribution in [0.25, 0.3) is 5.57 Å². The van der Waals surface area contributed by atoms with E-state index in [1.165, 1.54) is 12.1 Å². The summed E-state index contributed by atoms with van der Waals surface area (Å²) < 4.78 is 41.2. The Hall–Kier alpha value is -4.07. The maximum atomic E-state index is 13.4. The first-order valence-corrected chi connectivity index (χ1v) is 10.6. The number of amides is 2. The zero-order chi connectivity index (χ0) is 24.5. The van der Waals surface area contributed by atoms with Crippen molar-refractivity contribution in [3.63, 3.8) is 0 Å². The smallest absolute Gasteiger partial charge is 0.406 e. The predicted molar refractivity (Wildman–Crippen MR) is 123 cm³/mol. The SMILES string of the molecule is CC(C)c1ccc(N2C(=O)C(Nc3ccc(OC(F)(F)F)cc3)=C(c3ccccc3)C2=O)cc1. The maximum absolute atomic E-state index is 13.4. The summed E-state index contributed by atoms with van der Waals surface area (Å²) >= 11 is 0. The third kappa shape index (κ3) is 4.80. The van der Waals surface area contributed by atoms with Gasteiger partial charge in [-0.25, -0.2) is 4.90 Å². The Morgan fingerprint density at radius 3 is 2.00 bits per heavy atom. The molecule has 1 aliphatic heterocycles. The maximum Gasteiger partial charge on any atom is 0.573 e. The standard InChI is InChI=1S/C26H21F3N2O3/c1-16(2)17-8-12-20(13-9-17)31-24(32)22(18-6-4-3-5-7-18)23(25(31)33)30-19-10-14-21(15-11-19)34-26(27,28)29/h3-16,30H,1-2H3. The van der Waals surface area contributed by atoms with Gasteiger partial charge in [-0.15, -0.1) is 13.2 Å². The second-order valence-corrected chi connectivity index (χ2v) is 8.01. The summed E-state index contributed by atoms with van der Waals surface area (Å²) in [6.45, 7) is 4.09. The van der Waals surface area contributed by atoms with Crippen LogP contribution in [-0.4, -0.2) is 18.2 Å². The van der Waals surface area contributed by atoms with Gasteiger partial charge in [0.05, 0.1) is 11.3 Å². The van der Waals surface area contributed by atoms with E-state index in [1.807, 2.05) is 26.0 Å². The lowest BCUT2D eigenvalue weighted by Gasteiger charge is -2.16. The number of carbonyl (C=O) groups is 2. The molecule has 34 heavy (non-hydrogen) atoms. The number of rotatable bonds is 6. The fourth-order valence-corrected chi connectivity index (χ4v) is 3.65. The van der Waals surface area contributed by atoms with Crippen LogP contribution < -0.4 is 15.0 Å². The molecule has 0 fully saturated rings. The Bertz CT molecular complexity index is 1230. The molecule has 0 saturated heterocycles. The zero-order valence-corrected chi connectivity index (χ0v) is 18.4. The molecule has 0 aromatic heterocycles. The largest absolute Gasteiger partial charge is 0.573 e. The van der Waals surface area contributed by atoms with E-state index in [4.69, 9.17) is 0 Å². The first-order valence-electron chi connectivity index (χ1n) is 10.6. The van der Waals surface area contributed by atoms with Crippen molar-refractivity contribution in [3.05, 3.63) is 95.7 Å². The van der Waals surface area contributed by atoms with Crippen LogP contribution in [-0.2, 0) is 9.59 Å². The Kier molecular flexibility index (Phi) is 6.15. The van der Waals surface area contributed by atoms with Gasteiger partial charge in [-0.05, 0) is 53.4 Å². The van der Waals surface area contributed by atoms with Gasteiger partial charge in [-0.1, -0.05) is 56.3 Å². The Morgan fingerprint density at radius 2 is 1.44 bits per heavy atom. The van der Waals surface area contributed by atoms with E-state index in [0.29, 0.717) is 22.9 Å². The molecule has 0 bridgehead atoms. The van der Waals surface area contributed by atoms with Crippen LogP contribution in [0.1, 0.15) is 30.9 Å². The molecule has 174 valence electrons. The van der Waals surface area contributed by atoms with E-state index in [-0.39, 0.29) is 11.3 Å². The van der Waals surface area contributed by atoms with Crippen molar-refractivity contribution in [2.24, 2.45) is 0 Å². The first-order chi connectivity index (χ1) is 16.1. The summed E-state index contributed by atoms with van der Waals surface area (Å²) in [7, 11) is 0. The van der Waals surface area contributed by atoms with Crippen molar-refractivity contribution in [2.45, 2.75) is 26.1 Å². The molecule has 1 aliphatic rings. The quantitative estimate of drug-likeness (QED) is 0.446. The van der Waals surface area contributed by atoms with Gasteiger partial charge in [-0.3, -0.25) is 9.59 Å². The lowest BCUT2D eigenvalue weighted by Crippen LogP contribution is -2.32. The predicted octanol–water partition coefficient (Wildman–Crippen LogP) is 6.11. The summed E-state index contributed by atoms with van der Waals surface area (Å²) in [6, 6.07) is 20.8. The highest BCUT2D eigenvalue weighted by Crippen LogP contribution is 2.34. The molecule has 1 heterocycles. The topological polar surface area (TPSA) is 58.6 Å². The number of imide groups is 1. The highest BCUT2D eigenvalue weighted by molar-refractivity contribution is 6.46. The van der Waals surface area contributed by atoms with Crippen LogP contribution in [0.5, 0.6) is 5.75 Å². The number of anilines is 2. The molecule has 0 unspecified atom stereocenters. The van der Waals surface area contributed by atoms with Crippen molar-refractivity contribution in [1.29, 1.82) is 0 Å². The van der Waals surface area contributed by atoms with Crippen molar-refractivity contribution in [3.8, 4) is 5.75 Å². The van der Waals surface area contributed by atoms with Gasteiger partial charge in [0.15, 0.2) is 0 Å². The first kappa shape index (κ1) is 23.1. The lowest BCUT2D eigenvalue weighted by molar-refractivity contribution is -0.274. The third-order valence-electron chi connectivity index (χ3n) is 5.32. The van der Waals surface area contributed by atoms with Gasteiger partial charge < -0.3 is 10.1 Å². The summed E-state index contributed by atoms with van der Waals surface area (Å²) in [5.74, 6) is -1.15. The molecule has 0 radical (unpaired) electrons. The zero-order valence-electron chi connectivity index (χ0n) is 18.4. The van der Waals surface area contributed by atoms with E-state index in [0.717, 1.165) is 22.6 Å². The monoisotopic (exact) mass is 466 g/mol. The minimum Gasteiger partial charge on any atom is -0.406 e. The van der Waals surface area contributed by atoms with Crippen molar-refractivity contribution in [1.82, 2.24) is 0 Å². The van der Waals surface area contributed by atoms with Gasteiger partial charge in [0.2, 0.25) is 0 Å². The van der Waals surface area contributed by atoms with Crippen molar-refractivity contribution < 1.29 is 27.5 Å². The molecular weight excluding hydrogens is 445 g/mol. The molecular formula is C26H21F3N2O3. The minimum absolute atomic E-state index is 0.0358. The summed E-state index contributed by atoms with van der Waals surface area (Å²) in [4.78, 5) is 27.9. The highest BCUT2D eigenvalue weighted by atomic mass is 19.4. The van der Waals surface area contributed by atoms with Crippen LogP contribution in [0.4, 0.5) is 24.5 Å². The van der Waals surface area contributed by atoms with Gasteiger partial charge in [0, 0.05) is 5.69 Å². The molecule has 0 spiro atoms. The van der Waals surface area contributed by atoms with E-state index >= 15 is 0 Å². The Morgan fingerprint density at radius 1 is 0.824 bits per heavy atom. The molecule has 5 nitrogen and oxygen atoms in total. The van der Waals surface area contributed by atoms with Crippen molar-refractivity contribution in [2.75, 3.05) is 10.2 Å². The number of benzene rings is 3. The third-order valence-corrected chi connectivity index (χ3v) is 5.32. The molecule has 4 rings (SSSR count). The van der Waals surface area contributed by atoms with Crippen LogP contribution in [0.3, 0.4) is 0 Å². The fraction of sp³-hybridized carbons (Fsp3) is 0.154. The molecule has 0 atom stereocenters. The average molecular weight is 466 g/mol. The van der Waals surface area contributed by atoms with E-state index in [1.54, 1.807) is 42.5 Å². The second-order valence-electron chi connectivity index (χ2n) is 8.01.